The van der Waals surface area contributed by atoms with Crippen LogP contribution in [0.5, 0.6) is 0 Å². The van der Waals surface area contributed by atoms with Gasteiger partial charge >= 0.3 is 0 Å². The second kappa shape index (κ2) is 11.0. The molecule has 0 aliphatic carbocycles. The molecule has 0 aromatic carbocycles. The third-order valence-electron chi connectivity index (χ3n) is 2.78. The number of unbranched alkanes of at least 4 members (excludes halogenated alkanes) is 3. The molecule has 1 aromatic heterocycles. The molecule has 1 aromatic rings. The molecule has 5 nitrogen and oxygen atoms in total. The van der Waals surface area contributed by atoms with E-state index in [2.05, 4.69) is 5.32 Å². The fourth-order valence-electron chi connectivity index (χ4n) is 1.73. The van der Waals surface area contributed by atoms with E-state index < -0.39 is 6.10 Å². The van der Waals surface area contributed by atoms with Crippen molar-refractivity contribution in [3.8, 4) is 0 Å². The molecule has 3 N–H and O–H groups in total. The summed E-state index contributed by atoms with van der Waals surface area (Å²) in [6.07, 6.45) is 5.23. The van der Waals surface area contributed by atoms with E-state index in [1.165, 1.54) is 0 Å². The van der Waals surface area contributed by atoms with Crippen LogP contribution in [-0.2, 0) is 11.3 Å². The van der Waals surface area contributed by atoms with Crippen LogP contribution < -0.4 is 5.32 Å². The molecule has 0 spiro atoms. The molecule has 0 bridgehead atoms. The second-order valence-corrected chi connectivity index (χ2v) is 4.59. The Morgan fingerprint density at radius 3 is 2.84 bits per heavy atom. The van der Waals surface area contributed by atoms with Gasteiger partial charge in [0.05, 0.1) is 19.0 Å². The maximum atomic E-state index is 9.67. The molecule has 0 saturated heterocycles. The summed E-state index contributed by atoms with van der Waals surface area (Å²) in [5.41, 5.74) is 0. The van der Waals surface area contributed by atoms with Gasteiger partial charge in [0.2, 0.25) is 0 Å². The summed E-state index contributed by atoms with van der Waals surface area (Å²) in [6, 6.07) is 3.66. The summed E-state index contributed by atoms with van der Waals surface area (Å²) in [5.74, 6) is 0.768. The van der Waals surface area contributed by atoms with Gasteiger partial charge in [0.25, 0.3) is 0 Å². The third kappa shape index (κ3) is 8.77. The van der Waals surface area contributed by atoms with E-state index >= 15 is 0 Å². The molecule has 0 aliphatic heterocycles. The molecule has 0 aliphatic rings. The molecule has 1 rings (SSSR count). The molecule has 5 heteroatoms. The average Bonchev–Trinajstić information content (AvgIpc) is 2.91. The van der Waals surface area contributed by atoms with Crippen molar-refractivity contribution in [1.82, 2.24) is 5.32 Å². The lowest BCUT2D eigenvalue weighted by Gasteiger charge is -2.11. The Morgan fingerprint density at radius 2 is 2.11 bits per heavy atom. The van der Waals surface area contributed by atoms with E-state index in [9.17, 15) is 5.11 Å². The Bertz CT molecular complexity index is 290. The van der Waals surface area contributed by atoms with Gasteiger partial charge in [-0.1, -0.05) is 12.8 Å². The number of ether oxygens (including phenoxy) is 1. The van der Waals surface area contributed by atoms with Crippen LogP contribution >= 0.6 is 0 Å². The van der Waals surface area contributed by atoms with Gasteiger partial charge in [-0.15, -0.1) is 0 Å². The number of hydrogen-bond acceptors (Lipinski definition) is 5. The van der Waals surface area contributed by atoms with Gasteiger partial charge in [-0.2, -0.15) is 0 Å². The van der Waals surface area contributed by atoms with Crippen LogP contribution in [0, 0.1) is 0 Å². The van der Waals surface area contributed by atoms with Gasteiger partial charge < -0.3 is 24.7 Å². The lowest BCUT2D eigenvalue weighted by Crippen LogP contribution is -2.30. The van der Waals surface area contributed by atoms with Crippen LogP contribution in [0.4, 0.5) is 0 Å². The molecule has 0 radical (unpaired) electrons. The first-order valence-electron chi connectivity index (χ1n) is 6.92. The number of nitrogens with one attached hydrogen (secondary N) is 1. The van der Waals surface area contributed by atoms with Crippen LogP contribution in [0.1, 0.15) is 31.4 Å². The van der Waals surface area contributed by atoms with Crippen LogP contribution in [0.25, 0.3) is 0 Å². The van der Waals surface area contributed by atoms with Crippen molar-refractivity contribution < 1.29 is 19.4 Å². The van der Waals surface area contributed by atoms with E-state index in [4.69, 9.17) is 14.3 Å². The van der Waals surface area contributed by atoms with Crippen molar-refractivity contribution in [3.05, 3.63) is 24.2 Å². The molecule has 0 amide bonds. The largest absolute Gasteiger partial charge is 0.467 e. The highest BCUT2D eigenvalue weighted by Crippen LogP contribution is 2.02. The lowest BCUT2D eigenvalue weighted by molar-refractivity contribution is 0.0227. The molecule has 1 heterocycles. The van der Waals surface area contributed by atoms with E-state index in [0.29, 0.717) is 19.8 Å². The number of aliphatic hydroxyl groups excluding tert-OH is 2. The maximum Gasteiger partial charge on any atom is 0.129 e. The van der Waals surface area contributed by atoms with Crippen molar-refractivity contribution in [3.63, 3.8) is 0 Å². The Morgan fingerprint density at radius 1 is 1.26 bits per heavy atom. The highest BCUT2D eigenvalue weighted by Gasteiger charge is 2.04. The molecular weight excluding hydrogens is 246 g/mol. The minimum Gasteiger partial charge on any atom is -0.467 e. The Labute approximate surface area is 114 Å². The lowest BCUT2D eigenvalue weighted by atomic mass is 10.2. The minimum absolute atomic E-state index is 0.277. The Balaban J connectivity index is 1.86. The first kappa shape index (κ1) is 16.2. The van der Waals surface area contributed by atoms with Crippen molar-refractivity contribution in [1.29, 1.82) is 0 Å². The first-order valence-corrected chi connectivity index (χ1v) is 6.92. The monoisotopic (exact) mass is 271 g/mol. The SMILES string of the molecule is OCCCCCCNCC(O)COCc1ccco1. The molecule has 1 atom stereocenters. The van der Waals surface area contributed by atoms with Gasteiger partial charge in [-0.25, -0.2) is 0 Å². The normalized spacial score (nSPS) is 12.7. The summed E-state index contributed by atoms with van der Waals surface area (Å²) in [5, 5.41) is 21.5. The van der Waals surface area contributed by atoms with Gasteiger partial charge in [0.1, 0.15) is 12.4 Å². The van der Waals surface area contributed by atoms with Crippen LogP contribution in [-0.4, -0.2) is 42.6 Å². The molecular formula is C14H25NO4. The smallest absolute Gasteiger partial charge is 0.129 e. The van der Waals surface area contributed by atoms with Crippen molar-refractivity contribution in [2.45, 2.75) is 38.4 Å². The minimum atomic E-state index is -0.493. The molecule has 0 saturated carbocycles. The average molecular weight is 271 g/mol. The highest BCUT2D eigenvalue weighted by molar-refractivity contribution is 4.96. The number of hydrogen-bond donors (Lipinski definition) is 3. The van der Waals surface area contributed by atoms with E-state index in [1.54, 1.807) is 6.26 Å². The number of aliphatic hydroxyl groups is 2. The summed E-state index contributed by atoms with van der Waals surface area (Å²) in [7, 11) is 0. The second-order valence-electron chi connectivity index (χ2n) is 4.59. The van der Waals surface area contributed by atoms with Crippen molar-refractivity contribution >= 4 is 0 Å². The predicted molar refractivity (Wildman–Crippen MR) is 72.8 cm³/mol. The van der Waals surface area contributed by atoms with Gasteiger partial charge in [0.15, 0.2) is 0 Å². The topological polar surface area (TPSA) is 74.9 Å². The maximum absolute atomic E-state index is 9.67. The quantitative estimate of drug-likeness (QED) is 0.500. The van der Waals surface area contributed by atoms with E-state index in [-0.39, 0.29) is 6.61 Å². The van der Waals surface area contributed by atoms with Gasteiger partial charge in [-0.05, 0) is 31.5 Å². The zero-order chi connectivity index (χ0) is 13.8. The van der Waals surface area contributed by atoms with Crippen LogP contribution in [0.15, 0.2) is 22.8 Å². The van der Waals surface area contributed by atoms with Crippen LogP contribution in [0.3, 0.4) is 0 Å². The van der Waals surface area contributed by atoms with Gasteiger partial charge in [-0.3, -0.25) is 0 Å². The summed E-state index contributed by atoms with van der Waals surface area (Å²) in [4.78, 5) is 0. The van der Waals surface area contributed by atoms with Crippen molar-refractivity contribution in [2.75, 3.05) is 26.3 Å². The highest BCUT2D eigenvalue weighted by atomic mass is 16.5. The van der Waals surface area contributed by atoms with Crippen molar-refractivity contribution in [2.24, 2.45) is 0 Å². The first-order chi connectivity index (χ1) is 9.33. The Kier molecular flexibility index (Phi) is 9.36. The molecule has 19 heavy (non-hydrogen) atoms. The van der Waals surface area contributed by atoms with Crippen LogP contribution in [0.2, 0.25) is 0 Å². The molecule has 0 fully saturated rings. The number of rotatable bonds is 12. The number of furan rings is 1. The third-order valence-corrected chi connectivity index (χ3v) is 2.78. The van der Waals surface area contributed by atoms with Gasteiger partial charge in [0, 0.05) is 13.2 Å². The standard InChI is InChI=1S/C14H25NO4/c16-8-4-2-1-3-7-15-10-13(17)11-18-12-14-6-5-9-19-14/h5-6,9,13,15-17H,1-4,7-8,10-12H2. The zero-order valence-corrected chi connectivity index (χ0v) is 11.4. The molecule has 110 valence electrons. The van der Waals surface area contributed by atoms with E-state index in [1.807, 2.05) is 12.1 Å². The summed E-state index contributed by atoms with van der Waals surface area (Å²) in [6.45, 7) is 2.40. The molecule has 1 unspecified atom stereocenters. The summed E-state index contributed by atoms with van der Waals surface area (Å²) >= 11 is 0. The Hall–Kier alpha value is -0.880. The van der Waals surface area contributed by atoms with E-state index in [0.717, 1.165) is 38.0 Å². The predicted octanol–water partition coefficient (Wildman–Crippen LogP) is 1.30. The zero-order valence-electron chi connectivity index (χ0n) is 11.4. The summed E-state index contributed by atoms with van der Waals surface area (Å²) < 4.78 is 10.5. The fraction of sp³-hybridized carbons (Fsp3) is 0.714. The fourth-order valence-corrected chi connectivity index (χ4v) is 1.73.